The molecule has 0 unspecified atom stereocenters. The van der Waals surface area contributed by atoms with Crippen molar-refractivity contribution in [1.29, 1.82) is 0 Å². The molecule has 0 aromatic heterocycles. The Kier molecular flexibility index (Phi) is 4.13. The van der Waals surface area contributed by atoms with Crippen LogP contribution in [0.1, 0.15) is 19.4 Å². The van der Waals surface area contributed by atoms with E-state index in [0.29, 0.717) is 18.8 Å². The Balaban J connectivity index is 2.25. The molecule has 1 amide bonds. The molecule has 7 nitrogen and oxygen atoms in total. The molecule has 0 spiro atoms. The highest BCUT2D eigenvalue weighted by molar-refractivity contribution is 5.86. The van der Waals surface area contributed by atoms with Crippen LogP contribution in [-0.4, -0.2) is 41.4 Å². The van der Waals surface area contributed by atoms with Crippen LogP contribution in [0.3, 0.4) is 0 Å². The van der Waals surface area contributed by atoms with Crippen LogP contribution in [0.5, 0.6) is 0 Å². The fraction of sp³-hybridized carbons (Fsp3) is 0.500. The van der Waals surface area contributed by atoms with Crippen molar-refractivity contribution in [3.8, 4) is 0 Å². The van der Waals surface area contributed by atoms with Gasteiger partial charge in [-0.1, -0.05) is 6.07 Å². The number of hydrogen-bond acceptors (Lipinski definition) is 5. The number of rotatable bonds is 4. The summed E-state index contributed by atoms with van der Waals surface area (Å²) >= 11 is 0. The fourth-order valence-corrected chi connectivity index (χ4v) is 2.48. The van der Waals surface area contributed by atoms with Gasteiger partial charge in [-0.3, -0.25) is 19.8 Å². The van der Waals surface area contributed by atoms with Crippen molar-refractivity contribution in [1.82, 2.24) is 10.2 Å². The van der Waals surface area contributed by atoms with Crippen molar-refractivity contribution in [3.63, 3.8) is 0 Å². The molecule has 1 fully saturated rings. The number of nitrogens with zero attached hydrogens (tertiary/aromatic N) is 2. The van der Waals surface area contributed by atoms with Crippen molar-refractivity contribution in [3.05, 3.63) is 33.9 Å². The first kappa shape index (κ1) is 15.2. The van der Waals surface area contributed by atoms with Crippen molar-refractivity contribution in [2.24, 2.45) is 0 Å². The molecular weight excluding hydrogens is 272 g/mol. The third-order valence-corrected chi connectivity index (χ3v) is 3.92. The second-order valence-electron chi connectivity index (χ2n) is 5.60. The lowest BCUT2D eigenvalue weighted by Crippen LogP contribution is -2.61. The standard InChI is InChI=1S/C14H20N4O3/c1-14(2)13(19)16-6-7-17(14)9-10-4-5-11(15-3)12(8-10)18(20)21/h4-5,8,15H,6-7,9H2,1-3H3,(H,16,19). The zero-order chi connectivity index (χ0) is 15.6. The first-order valence-electron chi connectivity index (χ1n) is 6.84. The van der Waals surface area contributed by atoms with Gasteiger partial charge in [0.2, 0.25) is 5.91 Å². The molecule has 2 N–H and O–H groups in total. The number of nitrogens with one attached hydrogen (secondary N) is 2. The number of piperazine rings is 1. The molecule has 1 saturated heterocycles. The maximum absolute atomic E-state index is 11.9. The quantitative estimate of drug-likeness (QED) is 0.646. The van der Waals surface area contributed by atoms with Gasteiger partial charge >= 0.3 is 0 Å². The number of benzene rings is 1. The van der Waals surface area contributed by atoms with E-state index in [4.69, 9.17) is 0 Å². The molecule has 1 heterocycles. The number of nitro groups is 1. The van der Waals surface area contributed by atoms with Crippen LogP contribution >= 0.6 is 0 Å². The van der Waals surface area contributed by atoms with Gasteiger partial charge in [0.05, 0.1) is 10.5 Å². The zero-order valence-electron chi connectivity index (χ0n) is 12.5. The van der Waals surface area contributed by atoms with Gasteiger partial charge in [-0.05, 0) is 25.5 Å². The highest BCUT2D eigenvalue weighted by Crippen LogP contribution is 2.27. The lowest BCUT2D eigenvalue weighted by atomic mass is 9.98. The topological polar surface area (TPSA) is 87.5 Å². The molecule has 0 radical (unpaired) electrons. The van der Waals surface area contributed by atoms with Crippen LogP contribution in [0, 0.1) is 10.1 Å². The predicted octanol–water partition coefficient (Wildman–Crippen LogP) is 1.35. The summed E-state index contributed by atoms with van der Waals surface area (Å²) in [6.45, 7) is 5.54. The number of amides is 1. The number of carbonyl (C=O) groups is 1. The number of anilines is 1. The summed E-state index contributed by atoms with van der Waals surface area (Å²) in [5, 5.41) is 16.7. The SMILES string of the molecule is CNc1ccc(CN2CCNC(=O)C2(C)C)cc1[N+](=O)[O-]. The minimum absolute atomic E-state index is 0.0184. The van der Waals surface area contributed by atoms with Crippen LogP contribution in [0.15, 0.2) is 18.2 Å². The summed E-state index contributed by atoms with van der Waals surface area (Å²) in [5.74, 6) is -0.0184. The highest BCUT2D eigenvalue weighted by atomic mass is 16.6. The first-order chi connectivity index (χ1) is 9.86. The van der Waals surface area contributed by atoms with E-state index in [1.165, 1.54) is 0 Å². The Morgan fingerprint density at radius 2 is 2.19 bits per heavy atom. The lowest BCUT2D eigenvalue weighted by Gasteiger charge is -2.41. The normalized spacial score (nSPS) is 18.1. The van der Waals surface area contributed by atoms with Crippen molar-refractivity contribution in [2.45, 2.75) is 25.9 Å². The maximum atomic E-state index is 11.9. The van der Waals surface area contributed by atoms with Crippen molar-refractivity contribution in [2.75, 3.05) is 25.5 Å². The van der Waals surface area contributed by atoms with Gasteiger partial charge in [-0.25, -0.2) is 0 Å². The van der Waals surface area contributed by atoms with E-state index in [1.807, 2.05) is 24.8 Å². The molecule has 1 aliphatic rings. The van der Waals surface area contributed by atoms with E-state index in [1.54, 1.807) is 19.2 Å². The molecule has 0 aliphatic carbocycles. The second-order valence-corrected chi connectivity index (χ2v) is 5.60. The smallest absolute Gasteiger partial charge is 0.292 e. The molecule has 21 heavy (non-hydrogen) atoms. The Hall–Kier alpha value is -2.15. The summed E-state index contributed by atoms with van der Waals surface area (Å²) in [6.07, 6.45) is 0. The lowest BCUT2D eigenvalue weighted by molar-refractivity contribution is -0.384. The molecule has 0 atom stereocenters. The molecule has 2 rings (SSSR count). The van der Waals surface area contributed by atoms with Crippen LogP contribution < -0.4 is 10.6 Å². The van der Waals surface area contributed by atoms with Crippen LogP contribution in [0.4, 0.5) is 11.4 Å². The Bertz CT molecular complexity index is 571. The minimum atomic E-state index is -0.616. The Labute approximate surface area is 123 Å². The van der Waals surface area contributed by atoms with Gasteiger partial charge < -0.3 is 10.6 Å². The van der Waals surface area contributed by atoms with Gasteiger partial charge in [0, 0.05) is 32.7 Å². The number of carbonyl (C=O) groups excluding carboxylic acids is 1. The van der Waals surface area contributed by atoms with Gasteiger partial charge in [-0.15, -0.1) is 0 Å². The van der Waals surface area contributed by atoms with Crippen molar-refractivity contribution >= 4 is 17.3 Å². The fourth-order valence-electron chi connectivity index (χ4n) is 2.48. The summed E-state index contributed by atoms with van der Waals surface area (Å²) in [4.78, 5) is 24.6. The third-order valence-electron chi connectivity index (χ3n) is 3.92. The monoisotopic (exact) mass is 292 g/mol. The summed E-state index contributed by atoms with van der Waals surface area (Å²) < 4.78 is 0. The predicted molar refractivity (Wildman–Crippen MR) is 80.1 cm³/mol. The third kappa shape index (κ3) is 2.97. The minimum Gasteiger partial charge on any atom is -0.383 e. The highest BCUT2D eigenvalue weighted by Gasteiger charge is 2.37. The molecule has 114 valence electrons. The molecule has 1 aliphatic heterocycles. The van der Waals surface area contributed by atoms with Crippen LogP contribution in [-0.2, 0) is 11.3 Å². The van der Waals surface area contributed by atoms with E-state index >= 15 is 0 Å². The zero-order valence-corrected chi connectivity index (χ0v) is 12.5. The molecule has 1 aromatic carbocycles. The van der Waals surface area contributed by atoms with Crippen molar-refractivity contribution < 1.29 is 9.72 Å². The van der Waals surface area contributed by atoms with E-state index in [0.717, 1.165) is 12.1 Å². The second kappa shape index (κ2) is 5.69. The first-order valence-corrected chi connectivity index (χ1v) is 6.84. The average molecular weight is 292 g/mol. The number of nitro benzene ring substituents is 1. The van der Waals surface area contributed by atoms with E-state index in [2.05, 4.69) is 10.6 Å². The van der Waals surface area contributed by atoms with E-state index < -0.39 is 10.5 Å². The largest absolute Gasteiger partial charge is 0.383 e. The molecular formula is C14H20N4O3. The summed E-state index contributed by atoms with van der Waals surface area (Å²) in [5.41, 5.74) is 0.742. The number of hydrogen-bond donors (Lipinski definition) is 2. The van der Waals surface area contributed by atoms with Crippen LogP contribution in [0.2, 0.25) is 0 Å². The molecule has 0 saturated carbocycles. The van der Waals surface area contributed by atoms with Gasteiger partial charge in [0.15, 0.2) is 0 Å². The van der Waals surface area contributed by atoms with E-state index in [-0.39, 0.29) is 11.6 Å². The Morgan fingerprint density at radius 3 is 2.81 bits per heavy atom. The Morgan fingerprint density at radius 1 is 1.48 bits per heavy atom. The maximum Gasteiger partial charge on any atom is 0.292 e. The average Bonchev–Trinajstić information content (AvgIpc) is 2.44. The van der Waals surface area contributed by atoms with Crippen LogP contribution in [0.25, 0.3) is 0 Å². The summed E-state index contributed by atoms with van der Waals surface area (Å²) in [6, 6.07) is 5.11. The molecule has 1 aromatic rings. The molecule has 7 heteroatoms. The van der Waals surface area contributed by atoms with Gasteiger partial charge in [0.1, 0.15) is 5.69 Å². The van der Waals surface area contributed by atoms with Gasteiger partial charge in [-0.2, -0.15) is 0 Å². The summed E-state index contributed by atoms with van der Waals surface area (Å²) in [7, 11) is 1.65. The van der Waals surface area contributed by atoms with Gasteiger partial charge in [0.25, 0.3) is 5.69 Å². The van der Waals surface area contributed by atoms with E-state index in [9.17, 15) is 14.9 Å². The molecule has 0 bridgehead atoms.